The zero-order chi connectivity index (χ0) is 21.1. The predicted molar refractivity (Wildman–Crippen MR) is 119 cm³/mol. The lowest BCUT2D eigenvalue weighted by atomic mass is 9.99. The lowest BCUT2D eigenvalue weighted by Gasteiger charge is -2.15. The Kier molecular flexibility index (Phi) is 6.43. The fraction of sp³-hybridized carbons (Fsp3) is 0.273. The van der Waals surface area contributed by atoms with Gasteiger partial charge in [-0.2, -0.15) is 0 Å². The van der Waals surface area contributed by atoms with Crippen LogP contribution in [-0.4, -0.2) is 40.5 Å². The van der Waals surface area contributed by atoms with Gasteiger partial charge in [0, 0.05) is 23.6 Å². The molecule has 156 valence electrons. The molecule has 1 aliphatic heterocycles. The van der Waals surface area contributed by atoms with Crippen LogP contribution in [0.25, 0.3) is 11.3 Å². The largest absolute Gasteiger partial charge is 0.469 e. The maximum Gasteiger partial charge on any atom is 0.214 e. The van der Waals surface area contributed by atoms with E-state index < -0.39 is 12.2 Å². The van der Waals surface area contributed by atoms with Crippen LogP contribution in [0.1, 0.15) is 11.1 Å². The van der Waals surface area contributed by atoms with E-state index in [4.69, 9.17) is 26.1 Å². The predicted octanol–water partition coefficient (Wildman–Crippen LogP) is 4.67. The zero-order valence-electron chi connectivity index (χ0n) is 16.6. The van der Waals surface area contributed by atoms with E-state index in [2.05, 4.69) is 35.7 Å². The van der Waals surface area contributed by atoms with Gasteiger partial charge in [0.2, 0.25) is 5.88 Å². The first-order valence-electron chi connectivity index (χ1n) is 9.57. The second-order valence-corrected chi connectivity index (χ2v) is 8.31. The minimum Gasteiger partial charge on any atom is -0.469 e. The molecule has 4 rings (SSSR count). The van der Waals surface area contributed by atoms with Crippen molar-refractivity contribution in [3.05, 3.63) is 64.7 Å². The summed E-state index contributed by atoms with van der Waals surface area (Å²) in [5.74, 6) is 1.12. The van der Waals surface area contributed by atoms with Crippen LogP contribution < -0.4 is 9.46 Å². The standard InChI is InChI=1S/C22H22ClN3O3S/c1-13-5-3-6-14(2)21(13)22-15(23)9-10-18(24-22)26-30-20-8-4-7-19(25-20)29-17-12-28-11-16(17)27/h3-10,16-17,27H,11-12H2,1-2H3,(H,24,26). The van der Waals surface area contributed by atoms with E-state index in [-0.39, 0.29) is 6.61 Å². The van der Waals surface area contributed by atoms with Crippen LogP contribution in [-0.2, 0) is 4.74 Å². The van der Waals surface area contributed by atoms with Gasteiger partial charge in [0.1, 0.15) is 16.9 Å². The Hall–Kier alpha value is -2.32. The van der Waals surface area contributed by atoms with Gasteiger partial charge in [0.25, 0.3) is 0 Å². The molecule has 2 N–H and O–H groups in total. The minimum absolute atomic E-state index is 0.283. The first-order valence-corrected chi connectivity index (χ1v) is 10.8. The number of anilines is 1. The molecule has 8 heteroatoms. The van der Waals surface area contributed by atoms with E-state index >= 15 is 0 Å². The topological polar surface area (TPSA) is 76.5 Å². The van der Waals surface area contributed by atoms with Crippen LogP contribution in [0.15, 0.2) is 53.6 Å². The Morgan fingerprint density at radius 3 is 2.57 bits per heavy atom. The summed E-state index contributed by atoms with van der Waals surface area (Å²) in [5, 5.41) is 11.2. The summed E-state index contributed by atoms with van der Waals surface area (Å²) in [5.41, 5.74) is 4.04. The Morgan fingerprint density at radius 2 is 1.83 bits per heavy atom. The van der Waals surface area contributed by atoms with Crippen molar-refractivity contribution in [2.24, 2.45) is 0 Å². The molecule has 0 amide bonds. The highest BCUT2D eigenvalue weighted by molar-refractivity contribution is 8.00. The first-order chi connectivity index (χ1) is 14.5. The molecule has 1 saturated heterocycles. The first kappa shape index (κ1) is 20.9. The lowest BCUT2D eigenvalue weighted by molar-refractivity contribution is 0.0700. The van der Waals surface area contributed by atoms with E-state index in [1.807, 2.05) is 30.3 Å². The van der Waals surface area contributed by atoms with Crippen molar-refractivity contribution in [1.29, 1.82) is 0 Å². The molecule has 0 bridgehead atoms. The van der Waals surface area contributed by atoms with Crippen LogP contribution in [0, 0.1) is 13.8 Å². The monoisotopic (exact) mass is 443 g/mol. The van der Waals surface area contributed by atoms with Gasteiger partial charge in [-0.15, -0.1) is 0 Å². The van der Waals surface area contributed by atoms with E-state index in [1.54, 1.807) is 6.07 Å². The van der Waals surface area contributed by atoms with Gasteiger partial charge in [0.05, 0.1) is 23.9 Å². The number of rotatable bonds is 6. The second kappa shape index (κ2) is 9.22. The second-order valence-electron chi connectivity index (χ2n) is 7.07. The average molecular weight is 444 g/mol. The van der Waals surface area contributed by atoms with Gasteiger partial charge in [-0.25, -0.2) is 9.97 Å². The molecule has 1 aromatic carbocycles. The Balaban J connectivity index is 1.49. The van der Waals surface area contributed by atoms with Gasteiger partial charge in [-0.3, -0.25) is 0 Å². The number of nitrogens with zero attached hydrogens (tertiary/aromatic N) is 2. The number of aromatic nitrogens is 2. The fourth-order valence-electron chi connectivity index (χ4n) is 3.28. The summed E-state index contributed by atoms with van der Waals surface area (Å²) in [6.45, 7) is 4.74. The molecule has 1 aliphatic rings. The molecule has 1 fully saturated rings. The summed E-state index contributed by atoms with van der Waals surface area (Å²) in [6.07, 6.45) is -1.04. The number of hydrogen-bond acceptors (Lipinski definition) is 7. The van der Waals surface area contributed by atoms with Crippen molar-refractivity contribution >= 4 is 29.4 Å². The highest BCUT2D eigenvalue weighted by Gasteiger charge is 2.28. The quantitative estimate of drug-likeness (QED) is 0.536. The highest BCUT2D eigenvalue weighted by atomic mass is 35.5. The summed E-state index contributed by atoms with van der Waals surface area (Å²) in [7, 11) is 0. The molecule has 0 saturated carbocycles. The van der Waals surface area contributed by atoms with Crippen molar-refractivity contribution in [3.63, 3.8) is 0 Å². The van der Waals surface area contributed by atoms with Crippen LogP contribution in [0.4, 0.5) is 5.82 Å². The van der Waals surface area contributed by atoms with Gasteiger partial charge < -0.3 is 19.3 Å². The summed E-state index contributed by atoms with van der Waals surface area (Å²) >= 11 is 7.77. The van der Waals surface area contributed by atoms with Crippen molar-refractivity contribution in [3.8, 4) is 17.1 Å². The van der Waals surface area contributed by atoms with E-state index in [0.29, 0.717) is 28.4 Å². The molecule has 3 aromatic rings. The molecule has 0 spiro atoms. The third kappa shape index (κ3) is 4.70. The number of aliphatic hydroxyl groups excluding tert-OH is 1. The number of halogens is 1. The normalized spacial score (nSPS) is 18.4. The summed E-state index contributed by atoms with van der Waals surface area (Å²) in [6, 6.07) is 15.3. The minimum atomic E-state index is -0.636. The number of aryl methyl sites for hydroxylation is 2. The van der Waals surface area contributed by atoms with Gasteiger partial charge in [-0.05, 0) is 43.2 Å². The number of aliphatic hydroxyl groups is 1. The zero-order valence-corrected chi connectivity index (χ0v) is 18.2. The third-order valence-corrected chi connectivity index (χ3v) is 5.85. The molecule has 0 aliphatic carbocycles. The molecule has 2 atom stereocenters. The van der Waals surface area contributed by atoms with Crippen LogP contribution >= 0.6 is 23.5 Å². The molecule has 30 heavy (non-hydrogen) atoms. The Labute approximate surface area is 184 Å². The van der Waals surface area contributed by atoms with Gasteiger partial charge in [0.15, 0.2) is 6.10 Å². The van der Waals surface area contributed by atoms with Crippen LogP contribution in [0.3, 0.4) is 0 Å². The van der Waals surface area contributed by atoms with E-state index in [9.17, 15) is 5.11 Å². The summed E-state index contributed by atoms with van der Waals surface area (Å²) < 4.78 is 14.2. The van der Waals surface area contributed by atoms with Crippen molar-refractivity contribution < 1.29 is 14.6 Å². The number of benzene rings is 1. The SMILES string of the molecule is Cc1cccc(C)c1-c1nc(NSc2cccc(OC3COCC3O)n2)ccc1Cl. The fourth-order valence-corrected chi connectivity index (χ4v) is 4.08. The molecule has 6 nitrogen and oxygen atoms in total. The maximum atomic E-state index is 9.84. The molecule has 2 aromatic heterocycles. The van der Waals surface area contributed by atoms with E-state index in [1.165, 1.54) is 11.9 Å². The molecular weight excluding hydrogens is 422 g/mol. The van der Waals surface area contributed by atoms with Gasteiger partial charge in [-0.1, -0.05) is 35.9 Å². The number of hydrogen-bond donors (Lipinski definition) is 2. The van der Waals surface area contributed by atoms with Crippen molar-refractivity contribution in [2.75, 3.05) is 17.9 Å². The van der Waals surface area contributed by atoms with Crippen molar-refractivity contribution in [1.82, 2.24) is 9.97 Å². The Morgan fingerprint density at radius 1 is 1.07 bits per heavy atom. The Bertz CT molecular complexity index is 1030. The number of ether oxygens (including phenoxy) is 2. The average Bonchev–Trinajstić information content (AvgIpc) is 3.13. The van der Waals surface area contributed by atoms with Crippen LogP contribution in [0.5, 0.6) is 5.88 Å². The molecular formula is C22H22ClN3O3S. The molecule has 0 radical (unpaired) electrons. The highest BCUT2D eigenvalue weighted by Crippen LogP contribution is 2.33. The van der Waals surface area contributed by atoms with E-state index in [0.717, 1.165) is 22.4 Å². The molecule has 2 unspecified atom stereocenters. The third-order valence-electron chi connectivity index (χ3n) is 4.79. The number of pyridine rings is 2. The number of nitrogens with one attached hydrogen (secondary N) is 1. The smallest absolute Gasteiger partial charge is 0.214 e. The molecule has 3 heterocycles. The maximum absolute atomic E-state index is 9.84. The van der Waals surface area contributed by atoms with Gasteiger partial charge >= 0.3 is 0 Å². The van der Waals surface area contributed by atoms with Crippen LogP contribution in [0.2, 0.25) is 5.02 Å². The van der Waals surface area contributed by atoms with Crippen molar-refractivity contribution in [2.45, 2.75) is 31.1 Å². The summed E-state index contributed by atoms with van der Waals surface area (Å²) in [4.78, 5) is 9.19. The lowest BCUT2D eigenvalue weighted by Crippen LogP contribution is -2.30.